The van der Waals surface area contributed by atoms with E-state index in [1.54, 1.807) is 14.0 Å². The molecule has 14 heavy (non-hydrogen) atoms. The third-order valence-electron chi connectivity index (χ3n) is 1.91. The fourth-order valence-corrected chi connectivity index (χ4v) is 0.916. The highest BCUT2D eigenvalue weighted by Gasteiger charge is 2.22. The van der Waals surface area contributed by atoms with Crippen molar-refractivity contribution in [3.63, 3.8) is 0 Å². The molecule has 1 atom stereocenters. The molecule has 1 N–H and O–H groups in total. The molecule has 1 aromatic rings. The monoisotopic (exact) mass is 190 g/mol. The molecule has 0 aliphatic heterocycles. The van der Waals surface area contributed by atoms with Crippen molar-refractivity contribution in [2.45, 2.75) is 19.0 Å². The van der Waals surface area contributed by atoms with E-state index in [1.165, 1.54) is 11.0 Å². The summed E-state index contributed by atoms with van der Waals surface area (Å²) in [6.07, 6.45) is 1.44. The highest BCUT2D eigenvalue weighted by atomic mass is 15.3. The van der Waals surface area contributed by atoms with Crippen LogP contribution in [0, 0.1) is 22.7 Å². The van der Waals surface area contributed by atoms with Gasteiger partial charge < -0.3 is 5.32 Å². The first kappa shape index (κ1) is 10.2. The summed E-state index contributed by atoms with van der Waals surface area (Å²) in [5.74, 6) is 0.112. The Bertz CT molecular complexity index is 395. The number of nitriles is 2. The van der Waals surface area contributed by atoms with Gasteiger partial charge in [-0.05, 0) is 14.0 Å². The van der Waals surface area contributed by atoms with Crippen LogP contribution < -0.4 is 5.32 Å². The minimum absolute atomic E-state index is 0.112. The minimum Gasteiger partial charge on any atom is -0.301 e. The lowest BCUT2D eigenvalue weighted by Crippen LogP contribution is -2.42. The van der Waals surface area contributed by atoms with Gasteiger partial charge in [-0.3, -0.25) is 0 Å². The van der Waals surface area contributed by atoms with Gasteiger partial charge in [0.05, 0.1) is 12.6 Å². The Balaban J connectivity index is 2.80. The summed E-state index contributed by atoms with van der Waals surface area (Å²) < 4.78 is 1.47. The molecule has 0 radical (unpaired) electrons. The highest BCUT2D eigenvalue weighted by Crippen LogP contribution is 2.04. The average molecular weight is 190 g/mol. The molecule has 0 aliphatic carbocycles. The lowest BCUT2D eigenvalue weighted by molar-refractivity contribution is 0.395. The number of likely N-dealkylation sites (N-methyl/N-ethyl adjacent to an activating group) is 1. The third-order valence-corrected chi connectivity index (χ3v) is 1.91. The first-order valence-electron chi connectivity index (χ1n) is 4.03. The van der Waals surface area contributed by atoms with Gasteiger partial charge in [-0.15, -0.1) is 5.10 Å². The maximum atomic E-state index is 8.87. The minimum atomic E-state index is -0.694. The van der Waals surface area contributed by atoms with Crippen LogP contribution >= 0.6 is 0 Å². The van der Waals surface area contributed by atoms with E-state index in [-0.39, 0.29) is 5.82 Å². The molecule has 0 saturated heterocycles. The topological polar surface area (TPSA) is 90.3 Å². The summed E-state index contributed by atoms with van der Waals surface area (Å²) in [6.45, 7) is 2.11. The molecule has 0 fully saturated rings. The molecule has 0 saturated carbocycles. The summed E-state index contributed by atoms with van der Waals surface area (Å²) in [4.78, 5) is 3.74. The maximum Gasteiger partial charge on any atom is 0.252 e. The summed E-state index contributed by atoms with van der Waals surface area (Å²) in [5, 5.41) is 24.1. The van der Waals surface area contributed by atoms with Crippen molar-refractivity contribution in [3.05, 3.63) is 12.2 Å². The number of hydrogen-bond donors (Lipinski definition) is 1. The van der Waals surface area contributed by atoms with Crippen LogP contribution in [0.25, 0.3) is 0 Å². The normalized spacial score (nSPS) is 14.0. The van der Waals surface area contributed by atoms with E-state index in [2.05, 4.69) is 21.5 Å². The van der Waals surface area contributed by atoms with Crippen molar-refractivity contribution >= 4 is 0 Å². The number of aromatic nitrogens is 3. The number of rotatable bonds is 3. The zero-order valence-electron chi connectivity index (χ0n) is 8.02. The van der Waals surface area contributed by atoms with Crippen LogP contribution in [-0.4, -0.2) is 27.4 Å². The average Bonchev–Trinajstić information content (AvgIpc) is 2.65. The zero-order chi connectivity index (χ0) is 10.6. The van der Waals surface area contributed by atoms with Crippen LogP contribution in [-0.2, 0) is 6.54 Å². The van der Waals surface area contributed by atoms with Crippen LogP contribution in [0.4, 0.5) is 0 Å². The van der Waals surface area contributed by atoms with Gasteiger partial charge in [-0.1, -0.05) is 0 Å². The van der Waals surface area contributed by atoms with Crippen molar-refractivity contribution < 1.29 is 0 Å². The molecule has 1 heterocycles. The number of nitrogens with one attached hydrogen (secondary N) is 1. The lowest BCUT2D eigenvalue weighted by Gasteiger charge is -2.19. The molecule has 0 aliphatic rings. The van der Waals surface area contributed by atoms with Crippen molar-refractivity contribution in [2.75, 3.05) is 7.05 Å². The molecule has 0 bridgehead atoms. The molecule has 0 spiro atoms. The maximum absolute atomic E-state index is 8.87. The van der Waals surface area contributed by atoms with E-state index in [4.69, 9.17) is 10.5 Å². The molecular weight excluding hydrogens is 180 g/mol. The molecule has 1 rings (SSSR count). The second-order valence-corrected chi connectivity index (χ2v) is 3.07. The van der Waals surface area contributed by atoms with Crippen LogP contribution in [0.3, 0.4) is 0 Å². The Morgan fingerprint density at radius 2 is 2.36 bits per heavy atom. The van der Waals surface area contributed by atoms with E-state index in [0.717, 1.165) is 0 Å². The van der Waals surface area contributed by atoms with Crippen LogP contribution in [0.2, 0.25) is 0 Å². The van der Waals surface area contributed by atoms with Crippen LogP contribution in [0.5, 0.6) is 0 Å². The SMILES string of the molecule is CNC(C)(C#N)Cn1cnc(C#N)n1. The largest absolute Gasteiger partial charge is 0.301 e. The van der Waals surface area contributed by atoms with Gasteiger partial charge in [0, 0.05) is 0 Å². The van der Waals surface area contributed by atoms with E-state index < -0.39 is 5.54 Å². The van der Waals surface area contributed by atoms with E-state index in [1.807, 2.05) is 6.07 Å². The molecule has 6 heteroatoms. The molecule has 0 aromatic carbocycles. The Morgan fingerprint density at radius 3 is 2.79 bits per heavy atom. The second kappa shape index (κ2) is 3.86. The van der Waals surface area contributed by atoms with Crippen LogP contribution in [0.15, 0.2) is 6.33 Å². The van der Waals surface area contributed by atoms with Gasteiger partial charge in [-0.2, -0.15) is 10.5 Å². The summed E-state index contributed by atoms with van der Waals surface area (Å²) in [5.41, 5.74) is -0.694. The molecule has 1 unspecified atom stereocenters. The highest BCUT2D eigenvalue weighted by molar-refractivity contribution is 5.07. The van der Waals surface area contributed by atoms with E-state index >= 15 is 0 Å². The van der Waals surface area contributed by atoms with Crippen molar-refractivity contribution in [1.82, 2.24) is 20.1 Å². The van der Waals surface area contributed by atoms with E-state index in [9.17, 15) is 0 Å². The molecule has 72 valence electrons. The van der Waals surface area contributed by atoms with Crippen molar-refractivity contribution in [2.24, 2.45) is 0 Å². The van der Waals surface area contributed by atoms with Gasteiger partial charge in [0.15, 0.2) is 0 Å². The van der Waals surface area contributed by atoms with Crippen LogP contribution in [0.1, 0.15) is 12.7 Å². The molecular formula is C8H10N6. The summed E-state index contributed by atoms with van der Waals surface area (Å²) in [7, 11) is 1.70. The first-order valence-corrected chi connectivity index (χ1v) is 4.03. The standard InChI is InChI=1S/C8H10N6/c1-8(4-10,11-2)5-14-6-12-7(3-9)13-14/h6,11H,5H2,1-2H3. The summed E-state index contributed by atoms with van der Waals surface area (Å²) in [6, 6.07) is 3.94. The lowest BCUT2D eigenvalue weighted by atomic mass is 10.1. The summed E-state index contributed by atoms with van der Waals surface area (Å²) >= 11 is 0. The van der Waals surface area contributed by atoms with Crippen molar-refractivity contribution in [1.29, 1.82) is 10.5 Å². The Kier molecular flexibility index (Phi) is 2.80. The molecule has 6 nitrogen and oxygen atoms in total. The van der Waals surface area contributed by atoms with Gasteiger partial charge in [0.25, 0.3) is 5.82 Å². The van der Waals surface area contributed by atoms with E-state index in [0.29, 0.717) is 6.54 Å². The van der Waals surface area contributed by atoms with Gasteiger partial charge >= 0.3 is 0 Å². The quantitative estimate of drug-likeness (QED) is 0.703. The van der Waals surface area contributed by atoms with Crippen molar-refractivity contribution in [3.8, 4) is 12.1 Å². The Morgan fingerprint density at radius 1 is 1.64 bits per heavy atom. The predicted molar refractivity (Wildman–Crippen MR) is 47.8 cm³/mol. The predicted octanol–water partition coefficient (Wildman–Crippen LogP) is -0.349. The van der Waals surface area contributed by atoms with Gasteiger partial charge in [0.1, 0.15) is 17.9 Å². The fourth-order valence-electron chi connectivity index (χ4n) is 0.916. The second-order valence-electron chi connectivity index (χ2n) is 3.07. The third kappa shape index (κ3) is 2.06. The Hall–Kier alpha value is -1.92. The fraction of sp³-hybridized carbons (Fsp3) is 0.500. The number of nitrogens with zero attached hydrogens (tertiary/aromatic N) is 5. The smallest absolute Gasteiger partial charge is 0.252 e. The van der Waals surface area contributed by atoms with Gasteiger partial charge in [0.2, 0.25) is 0 Å². The number of hydrogen-bond acceptors (Lipinski definition) is 5. The zero-order valence-corrected chi connectivity index (χ0v) is 8.02. The first-order chi connectivity index (χ1) is 6.63. The van der Waals surface area contributed by atoms with Gasteiger partial charge in [-0.25, -0.2) is 9.67 Å². The molecule has 1 aromatic heterocycles. The molecule has 0 amide bonds. The Labute approximate surface area is 81.8 Å².